The molecule has 26 nitrogen and oxygen atoms in total. The van der Waals surface area contributed by atoms with Crippen LogP contribution in [0, 0.1) is 0 Å². The van der Waals surface area contributed by atoms with E-state index in [-0.39, 0.29) is 109 Å². The van der Waals surface area contributed by atoms with Crippen LogP contribution in [-0.4, -0.2) is 197 Å². The number of halogens is 1. The number of carbonyl (C=O) groups is 5. The van der Waals surface area contributed by atoms with Gasteiger partial charge in [-0.15, -0.1) is 25.1 Å². The van der Waals surface area contributed by atoms with Gasteiger partial charge in [0.1, 0.15) is 41.6 Å². The number of aromatic nitrogens is 4. The zero-order valence-electron chi connectivity index (χ0n) is 43.7. The van der Waals surface area contributed by atoms with Crippen molar-refractivity contribution >= 4 is 78.8 Å². The predicted molar refractivity (Wildman–Crippen MR) is 285 cm³/mol. The summed E-state index contributed by atoms with van der Waals surface area (Å²) in [6.45, 7) is 1.67. The Balaban J connectivity index is 0.921. The standard InChI is InChI=1S/C53H56ClN7O19S/c1-28(63)45-38(64)8-4-29-20-36(55-47(29)45)52(71)61-25-31(24-54)46-35-22-33(74-3)6-7-34(35)40(23-37(46)61)79-81(72,73)80-41-21-30(5-9-39(41)77-53-50(69)49(68)48(67)42(27-62)78-53)51(70)58(2)13-17-76-18-14-59-26-32(56-57-59)12-16-75-19-15-60-43(65)10-11-44(60)66/h4-11,20-23,26,31,42,48-50,53,55,62,64,67-69H,12-19,24-25,27H2,1-3H3/t31-,42-,48+,49+,50?,53-/m1/s1. The number of aliphatic hydroxyl groups is 4. The Morgan fingerprint density at radius 2 is 1.62 bits per heavy atom. The number of phenolic OH excluding ortho intramolecular Hbond substituents is 1. The number of phenols is 1. The fraction of sp³-hybridized carbons (Fsp3) is 0.377. The van der Waals surface area contributed by atoms with E-state index in [1.807, 2.05) is 0 Å². The monoisotopic (exact) mass is 1160 g/mol. The van der Waals surface area contributed by atoms with Gasteiger partial charge >= 0.3 is 10.4 Å². The lowest BCUT2D eigenvalue weighted by molar-refractivity contribution is -0.277. The van der Waals surface area contributed by atoms with Gasteiger partial charge in [0.2, 0.25) is 6.29 Å². The number of likely N-dealkylation sites (N-methyl/N-ethyl adjacent to an activating group) is 1. The molecule has 6 atom stereocenters. The summed E-state index contributed by atoms with van der Waals surface area (Å²) in [5, 5.41) is 61.4. The Kier molecular flexibility index (Phi) is 17.6. The molecule has 81 heavy (non-hydrogen) atoms. The molecule has 1 unspecified atom stereocenters. The Morgan fingerprint density at radius 3 is 2.35 bits per heavy atom. The summed E-state index contributed by atoms with van der Waals surface area (Å²) in [7, 11) is -2.41. The smallest absolute Gasteiger partial charge is 0.501 e. The maximum Gasteiger partial charge on any atom is 0.501 e. The van der Waals surface area contributed by atoms with E-state index in [0.29, 0.717) is 40.7 Å². The first-order valence-electron chi connectivity index (χ1n) is 25.3. The van der Waals surface area contributed by atoms with E-state index in [9.17, 15) is 57.9 Å². The lowest BCUT2D eigenvalue weighted by Gasteiger charge is -2.39. The van der Waals surface area contributed by atoms with Crippen LogP contribution in [0.25, 0.3) is 21.7 Å². The average Bonchev–Trinajstić information content (AvgIpc) is 4.48. The van der Waals surface area contributed by atoms with Gasteiger partial charge in [0.25, 0.3) is 23.6 Å². The highest BCUT2D eigenvalue weighted by Gasteiger charge is 2.45. The van der Waals surface area contributed by atoms with Crippen molar-refractivity contribution in [2.45, 2.75) is 56.5 Å². The number of anilines is 1. The number of imide groups is 1. The lowest BCUT2D eigenvalue weighted by Crippen LogP contribution is -2.60. The van der Waals surface area contributed by atoms with Gasteiger partial charge in [-0.3, -0.25) is 28.9 Å². The normalized spacial score (nSPS) is 19.9. The van der Waals surface area contributed by atoms with Crippen molar-refractivity contribution in [1.29, 1.82) is 0 Å². The van der Waals surface area contributed by atoms with Crippen LogP contribution in [-0.2, 0) is 47.2 Å². The van der Waals surface area contributed by atoms with E-state index < -0.39 is 82.7 Å². The van der Waals surface area contributed by atoms with Crippen molar-refractivity contribution in [1.82, 2.24) is 29.8 Å². The van der Waals surface area contributed by atoms with Crippen molar-refractivity contribution in [3.8, 4) is 28.7 Å². The maximum atomic E-state index is 14.5. The molecule has 1 saturated heterocycles. The number of nitrogens with zero attached hydrogens (tertiary/aromatic N) is 6. The summed E-state index contributed by atoms with van der Waals surface area (Å²) in [6, 6.07) is 13.8. The summed E-state index contributed by atoms with van der Waals surface area (Å²) < 4.78 is 69.8. The second-order valence-corrected chi connectivity index (χ2v) is 20.5. The van der Waals surface area contributed by atoms with E-state index >= 15 is 0 Å². The number of H-pyrrole nitrogens is 1. The number of ether oxygens (including phenoxy) is 5. The van der Waals surface area contributed by atoms with Gasteiger partial charge in [-0.1, -0.05) is 5.21 Å². The van der Waals surface area contributed by atoms with Gasteiger partial charge in [0.15, 0.2) is 23.0 Å². The molecule has 6 N–H and O–H groups in total. The average molecular weight is 1160 g/mol. The molecular weight excluding hydrogens is 1110 g/mol. The third-order valence-corrected chi connectivity index (χ3v) is 14.9. The first-order chi connectivity index (χ1) is 38.8. The topological polar surface area (TPSA) is 341 Å². The quantitative estimate of drug-likeness (QED) is 0.0218. The maximum absolute atomic E-state index is 14.5. The minimum atomic E-state index is -5.31. The molecule has 3 aliphatic rings. The molecule has 0 spiro atoms. The fourth-order valence-corrected chi connectivity index (χ4v) is 10.5. The first-order valence-corrected chi connectivity index (χ1v) is 27.1. The Morgan fingerprint density at radius 1 is 0.877 bits per heavy atom. The van der Waals surface area contributed by atoms with E-state index in [4.69, 9.17) is 43.7 Å². The number of carbonyl (C=O) groups excluding carboxylic acids is 5. The molecule has 3 aliphatic heterocycles. The summed E-state index contributed by atoms with van der Waals surface area (Å²) >= 11 is 6.56. The number of aromatic amines is 1. The van der Waals surface area contributed by atoms with Crippen molar-refractivity contribution in [3.05, 3.63) is 107 Å². The Hall–Kier alpha value is -7.73. The van der Waals surface area contributed by atoms with Crippen LogP contribution in [0.4, 0.5) is 5.69 Å². The second kappa shape index (κ2) is 24.6. The molecular formula is C53H56ClN7O19S. The van der Waals surface area contributed by atoms with Gasteiger partial charge in [-0.05, 0) is 72.5 Å². The number of methoxy groups -OCH3 is 1. The molecule has 0 radical (unpaired) electrons. The van der Waals surface area contributed by atoms with Crippen LogP contribution in [0.2, 0.25) is 0 Å². The highest BCUT2D eigenvalue weighted by atomic mass is 35.5. The molecule has 0 bridgehead atoms. The second-order valence-electron chi connectivity index (χ2n) is 19.0. The van der Waals surface area contributed by atoms with E-state index in [2.05, 4.69) is 15.3 Å². The molecule has 1 fully saturated rings. The number of Topliss-reactive ketones (excluding diaryl/α,β-unsaturated/α-hetero) is 1. The van der Waals surface area contributed by atoms with Gasteiger partial charge in [0.05, 0.1) is 75.7 Å². The predicted octanol–water partition coefficient (Wildman–Crippen LogP) is 1.97. The number of aromatic hydroxyl groups is 1. The largest absolute Gasteiger partial charge is 0.507 e. The molecule has 6 aromatic rings. The molecule has 2 aromatic heterocycles. The number of aliphatic hydroxyl groups excluding tert-OH is 4. The van der Waals surface area contributed by atoms with Gasteiger partial charge in [-0.2, -0.15) is 0 Å². The highest BCUT2D eigenvalue weighted by molar-refractivity contribution is 7.82. The number of hydrogen-bond donors (Lipinski definition) is 6. The molecule has 9 rings (SSSR count). The summed E-state index contributed by atoms with van der Waals surface area (Å²) in [5.41, 5.74) is 1.51. The zero-order valence-corrected chi connectivity index (χ0v) is 45.2. The van der Waals surface area contributed by atoms with Crippen LogP contribution < -0.4 is 22.7 Å². The van der Waals surface area contributed by atoms with Crippen LogP contribution in [0.1, 0.15) is 55.3 Å². The van der Waals surface area contributed by atoms with Crippen LogP contribution in [0.15, 0.2) is 79.0 Å². The van der Waals surface area contributed by atoms with Crippen molar-refractivity contribution in [2.24, 2.45) is 0 Å². The number of benzene rings is 4. The van der Waals surface area contributed by atoms with Crippen LogP contribution in [0.3, 0.4) is 0 Å². The summed E-state index contributed by atoms with van der Waals surface area (Å²) in [5.74, 6) is -4.31. The molecule has 430 valence electrons. The molecule has 0 aliphatic carbocycles. The number of rotatable bonds is 24. The van der Waals surface area contributed by atoms with E-state index in [1.165, 1.54) is 79.4 Å². The number of alkyl halides is 1. The van der Waals surface area contributed by atoms with Gasteiger partial charge in [0, 0.05) is 79.1 Å². The molecule has 4 aromatic carbocycles. The third-order valence-electron chi connectivity index (χ3n) is 13.7. The number of fused-ring (bicyclic) bond motifs is 4. The number of hydrogen-bond acceptors (Lipinski definition) is 21. The van der Waals surface area contributed by atoms with Crippen molar-refractivity contribution in [2.75, 3.05) is 77.6 Å². The number of amides is 4. The van der Waals surface area contributed by atoms with E-state index in [1.54, 1.807) is 23.0 Å². The minimum absolute atomic E-state index is 0.0157. The molecule has 5 heterocycles. The van der Waals surface area contributed by atoms with Crippen LogP contribution >= 0.6 is 11.6 Å². The Labute approximate surface area is 466 Å². The number of ketones is 1. The molecule has 4 amide bonds. The first kappa shape index (κ1) is 57.9. The van der Waals surface area contributed by atoms with Crippen LogP contribution in [0.5, 0.6) is 28.7 Å². The summed E-state index contributed by atoms with van der Waals surface area (Å²) in [6.07, 6.45) is -4.28. The molecule has 0 saturated carbocycles. The number of nitrogens with one attached hydrogen (secondary N) is 1. The van der Waals surface area contributed by atoms with Crippen molar-refractivity contribution in [3.63, 3.8) is 0 Å². The Bertz CT molecular complexity index is 3520. The fourth-order valence-electron chi connectivity index (χ4n) is 9.52. The minimum Gasteiger partial charge on any atom is -0.507 e. The summed E-state index contributed by atoms with van der Waals surface area (Å²) in [4.78, 5) is 71.1. The third kappa shape index (κ3) is 12.5. The highest BCUT2D eigenvalue weighted by Crippen LogP contribution is 2.48. The van der Waals surface area contributed by atoms with Crippen molar-refractivity contribution < 1.29 is 90.0 Å². The molecule has 28 heteroatoms. The SMILES string of the molecule is COc1ccc2c(OS(=O)(=O)Oc3cc(C(=O)N(C)CCOCCn4cc(CCOCCN5C(=O)C=CC5=O)nn4)ccc3O[C@@H]3O[C@H](CO)[C@H](O)[C@H](O)C3O)cc3c(c2c1)[C@H](CCl)CN3C(=O)c1cc2ccc(O)c(C(C)=O)c2[nH]1. The van der Waals surface area contributed by atoms with Gasteiger partial charge < -0.3 is 72.4 Å². The van der Waals surface area contributed by atoms with E-state index in [0.717, 1.165) is 17.0 Å². The van der Waals surface area contributed by atoms with Gasteiger partial charge in [-0.25, -0.2) is 4.68 Å². The zero-order chi connectivity index (χ0) is 57.9. The lowest BCUT2D eigenvalue weighted by atomic mass is 9.95.